The largest absolute Gasteiger partial charge is 0.388 e. The van der Waals surface area contributed by atoms with Crippen molar-refractivity contribution >= 4 is 11.8 Å². The van der Waals surface area contributed by atoms with Crippen molar-refractivity contribution in [2.75, 3.05) is 6.54 Å². The Labute approximate surface area is 108 Å². The molecule has 1 N–H and O–H groups in total. The van der Waals surface area contributed by atoms with Gasteiger partial charge in [0.1, 0.15) is 0 Å². The van der Waals surface area contributed by atoms with Crippen LogP contribution in [-0.2, 0) is 0 Å². The van der Waals surface area contributed by atoms with E-state index in [1.54, 1.807) is 0 Å². The average molecular weight is 238 g/mol. The third-order valence-corrected chi connectivity index (χ3v) is 4.51. The number of hydrogen-bond donors (Lipinski definition) is 1. The fraction of sp³-hybridized carbons (Fsp3) is 0.438. The highest BCUT2D eigenvalue weighted by Gasteiger charge is 2.33. The minimum atomic E-state index is 0.400. The molecule has 0 radical (unpaired) electrons. The van der Waals surface area contributed by atoms with Crippen LogP contribution in [-0.4, -0.2) is 18.8 Å². The molecule has 2 aliphatic heterocycles. The molecule has 0 aromatic heterocycles. The van der Waals surface area contributed by atoms with Crippen LogP contribution in [0.1, 0.15) is 36.8 Å². The number of benzene rings is 1. The summed E-state index contributed by atoms with van der Waals surface area (Å²) >= 11 is 0. The first kappa shape index (κ1) is 10.4. The minimum Gasteiger partial charge on any atom is -0.388 e. The van der Waals surface area contributed by atoms with Gasteiger partial charge in [-0.3, -0.25) is 4.99 Å². The van der Waals surface area contributed by atoms with Crippen molar-refractivity contribution in [2.45, 2.75) is 31.7 Å². The van der Waals surface area contributed by atoms with E-state index in [9.17, 15) is 0 Å². The molecule has 2 heteroatoms. The molecule has 0 spiro atoms. The van der Waals surface area contributed by atoms with Gasteiger partial charge in [0.25, 0.3) is 0 Å². The Morgan fingerprint density at radius 2 is 2.06 bits per heavy atom. The van der Waals surface area contributed by atoms with E-state index in [4.69, 9.17) is 4.99 Å². The van der Waals surface area contributed by atoms with E-state index in [-0.39, 0.29) is 0 Å². The highest BCUT2D eigenvalue weighted by atomic mass is 14.9. The molecule has 4 rings (SSSR count). The van der Waals surface area contributed by atoms with E-state index in [0.29, 0.717) is 6.04 Å². The van der Waals surface area contributed by atoms with Gasteiger partial charge in [0.05, 0.1) is 6.04 Å². The molecule has 3 aliphatic rings. The van der Waals surface area contributed by atoms with Gasteiger partial charge in [-0.25, -0.2) is 0 Å². The number of fused-ring (bicyclic) bond motifs is 4. The molecule has 2 unspecified atom stereocenters. The monoisotopic (exact) mass is 238 g/mol. The predicted octanol–water partition coefficient (Wildman–Crippen LogP) is 2.99. The first-order valence-electron chi connectivity index (χ1n) is 7.04. The molecule has 2 nitrogen and oxygen atoms in total. The summed E-state index contributed by atoms with van der Waals surface area (Å²) in [5, 5.41) is 3.67. The van der Waals surface area contributed by atoms with E-state index in [1.807, 2.05) is 0 Å². The van der Waals surface area contributed by atoms with Crippen LogP contribution in [0.2, 0.25) is 0 Å². The van der Waals surface area contributed by atoms with Gasteiger partial charge in [0, 0.05) is 24.0 Å². The molecule has 1 fully saturated rings. The summed E-state index contributed by atoms with van der Waals surface area (Å²) in [6, 6.07) is 9.08. The number of nitrogens with one attached hydrogen (secondary N) is 1. The molecule has 18 heavy (non-hydrogen) atoms. The number of aliphatic imine (C=N–C) groups is 1. The van der Waals surface area contributed by atoms with Gasteiger partial charge in [0.2, 0.25) is 0 Å². The Hall–Kier alpha value is -1.57. The van der Waals surface area contributed by atoms with Crippen molar-refractivity contribution in [3.63, 3.8) is 0 Å². The van der Waals surface area contributed by atoms with Crippen LogP contribution in [0, 0.1) is 5.92 Å². The minimum absolute atomic E-state index is 0.400. The maximum absolute atomic E-state index is 4.76. The van der Waals surface area contributed by atoms with Crippen molar-refractivity contribution < 1.29 is 0 Å². The quantitative estimate of drug-likeness (QED) is 0.738. The third kappa shape index (κ3) is 1.45. The Kier molecular flexibility index (Phi) is 2.29. The normalized spacial score (nSPS) is 29.1. The first-order chi connectivity index (χ1) is 8.93. The fourth-order valence-electron chi connectivity index (χ4n) is 3.65. The van der Waals surface area contributed by atoms with Crippen molar-refractivity contribution in [1.29, 1.82) is 0 Å². The molecule has 1 aromatic carbocycles. The molecule has 0 bridgehead atoms. The molecule has 1 aromatic rings. The fourth-order valence-corrected chi connectivity index (χ4v) is 3.65. The Morgan fingerprint density at radius 1 is 1.11 bits per heavy atom. The second-order valence-electron chi connectivity index (χ2n) is 5.55. The summed E-state index contributed by atoms with van der Waals surface area (Å²) in [6.45, 7) is 1.13. The van der Waals surface area contributed by atoms with Gasteiger partial charge < -0.3 is 5.32 Å². The van der Waals surface area contributed by atoms with Gasteiger partial charge in [-0.15, -0.1) is 0 Å². The molecule has 1 saturated heterocycles. The third-order valence-electron chi connectivity index (χ3n) is 4.51. The topological polar surface area (TPSA) is 24.4 Å². The molecular formula is C16H18N2. The maximum atomic E-state index is 4.76. The lowest BCUT2D eigenvalue weighted by Crippen LogP contribution is -2.35. The molecule has 92 valence electrons. The second-order valence-corrected chi connectivity index (χ2v) is 5.55. The second kappa shape index (κ2) is 3.98. The van der Waals surface area contributed by atoms with Gasteiger partial charge in [-0.2, -0.15) is 0 Å². The number of nitrogens with zero attached hydrogens (tertiary/aromatic N) is 1. The Balaban J connectivity index is 1.92. The van der Waals surface area contributed by atoms with Crippen LogP contribution in [0.25, 0.3) is 5.57 Å². The van der Waals surface area contributed by atoms with Gasteiger partial charge in [0.15, 0.2) is 0 Å². The molecule has 2 heterocycles. The molecule has 0 saturated carbocycles. The predicted molar refractivity (Wildman–Crippen MR) is 74.7 cm³/mol. The number of allylic oxidation sites excluding steroid dienone is 1. The van der Waals surface area contributed by atoms with E-state index >= 15 is 0 Å². The summed E-state index contributed by atoms with van der Waals surface area (Å²) in [4.78, 5) is 4.76. The summed E-state index contributed by atoms with van der Waals surface area (Å²) in [7, 11) is 0. The van der Waals surface area contributed by atoms with Crippen molar-refractivity contribution in [3.8, 4) is 0 Å². The van der Waals surface area contributed by atoms with Crippen LogP contribution in [0.4, 0.5) is 0 Å². The van der Waals surface area contributed by atoms with Crippen LogP contribution in [0.5, 0.6) is 0 Å². The van der Waals surface area contributed by atoms with Crippen LogP contribution >= 0.6 is 0 Å². The van der Waals surface area contributed by atoms with Crippen molar-refractivity contribution in [3.05, 3.63) is 41.1 Å². The molecule has 2 atom stereocenters. The van der Waals surface area contributed by atoms with E-state index in [2.05, 4.69) is 35.8 Å². The lowest BCUT2D eigenvalue weighted by Gasteiger charge is -2.38. The Morgan fingerprint density at radius 3 is 3.06 bits per heavy atom. The van der Waals surface area contributed by atoms with Crippen molar-refractivity contribution in [1.82, 2.24) is 5.32 Å². The average Bonchev–Trinajstić information content (AvgIpc) is 2.46. The molecule has 1 aliphatic carbocycles. The lowest BCUT2D eigenvalue weighted by molar-refractivity contribution is 0.387. The molecular weight excluding hydrogens is 220 g/mol. The maximum Gasteiger partial charge on any atom is 0.0772 e. The number of piperidine rings is 1. The van der Waals surface area contributed by atoms with E-state index < -0.39 is 0 Å². The van der Waals surface area contributed by atoms with Crippen LogP contribution in [0.15, 0.2) is 35.0 Å². The Bertz CT molecular complexity index is 542. The zero-order valence-corrected chi connectivity index (χ0v) is 10.5. The van der Waals surface area contributed by atoms with E-state index in [1.165, 1.54) is 48.1 Å². The number of hydrogen-bond acceptors (Lipinski definition) is 2. The van der Waals surface area contributed by atoms with Crippen LogP contribution in [0.3, 0.4) is 0 Å². The lowest BCUT2D eigenvalue weighted by atomic mass is 9.76. The van der Waals surface area contributed by atoms with Gasteiger partial charge in [-0.05, 0) is 42.7 Å². The van der Waals surface area contributed by atoms with Gasteiger partial charge >= 0.3 is 0 Å². The highest BCUT2D eigenvalue weighted by Crippen LogP contribution is 2.42. The highest BCUT2D eigenvalue weighted by molar-refractivity contribution is 5.94. The first-order valence-corrected chi connectivity index (χ1v) is 7.04. The summed E-state index contributed by atoms with van der Waals surface area (Å²) < 4.78 is 0. The van der Waals surface area contributed by atoms with Crippen LogP contribution < -0.4 is 5.32 Å². The zero-order valence-electron chi connectivity index (χ0n) is 10.5. The summed E-state index contributed by atoms with van der Waals surface area (Å²) in [5.74, 6) is 0.756. The summed E-state index contributed by atoms with van der Waals surface area (Å²) in [5.41, 5.74) is 5.68. The summed E-state index contributed by atoms with van der Waals surface area (Å²) in [6.07, 6.45) is 7.25. The zero-order chi connectivity index (χ0) is 11.9. The van der Waals surface area contributed by atoms with Crippen molar-refractivity contribution in [2.24, 2.45) is 10.9 Å². The standard InChI is InChI=1S/C16H18N2/c1-2-6-13-12(4-1)10-18-14-8-7-11-5-3-9-17-16(11)15(13)14/h1-2,4,6,10-11,14,17H,3,5,7-9H2. The smallest absolute Gasteiger partial charge is 0.0772 e. The van der Waals surface area contributed by atoms with E-state index in [0.717, 1.165) is 12.5 Å². The number of rotatable bonds is 0. The van der Waals surface area contributed by atoms with Gasteiger partial charge in [-0.1, -0.05) is 24.3 Å². The SMILES string of the molecule is C1=NC2CCC3CCCNC3=C2c2ccccc21. The molecule has 0 amide bonds.